The Bertz CT molecular complexity index is 980. The van der Waals surface area contributed by atoms with Crippen molar-refractivity contribution in [2.75, 3.05) is 25.4 Å². The zero-order chi connectivity index (χ0) is 22.6. The van der Waals surface area contributed by atoms with E-state index in [0.717, 1.165) is 53.5 Å². The lowest BCUT2D eigenvalue weighted by molar-refractivity contribution is -0.0609. The predicted octanol–water partition coefficient (Wildman–Crippen LogP) is 3.60. The number of fused-ring (bicyclic) bond motifs is 1. The molecule has 1 aliphatic carbocycles. The molecule has 31 heavy (non-hydrogen) atoms. The van der Waals surface area contributed by atoms with Crippen molar-refractivity contribution in [2.24, 2.45) is 5.41 Å². The van der Waals surface area contributed by atoms with Crippen molar-refractivity contribution in [2.45, 2.75) is 71.0 Å². The van der Waals surface area contributed by atoms with Crippen LogP contribution < -0.4 is 5.73 Å². The Morgan fingerprint density at radius 2 is 1.84 bits per heavy atom. The maximum absolute atomic E-state index is 11.9. The Hall–Kier alpha value is -1.69. The van der Waals surface area contributed by atoms with Gasteiger partial charge in [-0.2, -0.15) is 5.10 Å². The van der Waals surface area contributed by atoms with Crippen LogP contribution in [0.3, 0.4) is 0 Å². The molecule has 1 unspecified atom stereocenters. The molecule has 0 bridgehead atoms. The number of aromatic nitrogens is 4. The summed E-state index contributed by atoms with van der Waals surface area (Å²) in [4.78, 5) is 24.6. The van der Waals surface area contributed by atoms with E-state index >= 15 is 0 Å². The first-order valence-corrected chi connectivity index (χ1v) is 12.0. The third kappa shape index (κ3) is 3.85. The summed E-state index contributed by atoms with van der Waals surface area (Å²) in [5.41, 5.74) is 6.30. The molecule has 0 radical (unpaired) electrons. The molecule has 1 amide bonds. The SMILES string of the molecule is CC(C)(C)C1(C)CN(C2CCC(n3nc(I)c4c(N)ncnc43)CC2)CCN1C(=O)O. The number of carbonyl (C=O) groups is 1. The first-order valence-electron chi connectivity index (χ1n) is 10.9. The average Bonchev–Trinajstić information content (AvgIpc) is 3.05. The summed E-state index contributed by atoms with van der Waals surface area (Å²) >= 11 is 2.21. The smallest absolute Gasteiger partial charge is 0.407 e. The lowest BCUT2D eigenvalue weighted by atomic mass is 9.72. The number of nitrogens with zero attached hydrogens (tertiary/aromatic N) is 6. The van der Waals surface area contributed by atoms with E-state index in [1.165, 1.54) is 6.33 Å². The molecule has 1 atom stereocenters. The summed E-state index contributed by atoms with van der Waals surface area (Å²) < 4.78 is 2.88. The highest BCUT2D eigenvalue weighted by Crippen LogP contribution is 2.41. The number of piperazine rings is 1. The largest absolute Gasteiger partial charge is 0.465 e. The van der Waals surface area contributed by atoms with Crippen molar-refractivity contribution in [3.63, 3.8) is 0 Å². The molecule has 4 rings (SSSR count). The fourth-order valence-electron chi connectivity index (χ4n) is 5.17. The second-order valence-electron chi connectivity index (χ2n) is 10.1. The molecule has 2 aromatic rings. The molecule has 10 heteroatoms. The van der Waals surface area contributed by atoms with Crippen LogP contribution in [0.15, 0.2) is 6.33 Å². The van der Waals surface area contributed by atoms with Crippen LogP contribution in [0, 0.1) is 9.12 Å². The van der Waals surface area contributed by atoms with E-state index in [4.69, 9.17) is 10.8 Å². The van der Waals surface area contributed by atoms with Gasteiger partial charge >= 0.3 is 6.09 Å². The van der Waals surface area contributed by atoms with Crippen molar-refractivity contribution in [1.82, 2.24) is 29.5 Å². The first-order chi connectivity index (χ1) is 14.5. The number of rotatable bonds is 2. The van der Waals surface area contributed by atoms with Crippen LogP contribution in [-0.2, 0) is 0 Å². The van der Waals surface area contributed by atoms with Gasteiger partial charge in [-0.25, -0.2) is 19.4 Å². The molecule has 1 aliphatic heterocycles. The zero-order valence-electron chi connectivity index (χ0n) is 18.7. The quantitative estimate of drug-likeness (QED) is 0.559. The van der Waals surface area contributed by atoms with Crippen molar-refractivity contribution in [1.29, 1.82) is 0 Å². The van der Waals surface area contributed by atoms with E-state index in [-0.39, 0.29) is 5.41 Å². The number of anilines is 1. The predicted molar refractivity (Wildman–Crippen MR) is 128 cm³/mol. The molecule has 9 nitrogen and oxygen atoms in total. The van der Waals surface area contributed by atoms with Crippen LogP contribution in [0.25, 0.3) is 11.0 Å². The fourth-order valence-corrected chi connectivity index (χ4v) is 5.92. The number of amides is 1. The minimum absolute atomic E-state index is 0.147. The van der Waals surface area contributed by atoms with Gasteiger partial charge in [-0.1, -0.05) is 20.8 Å². The minimum atomic E-state index is -0.817. The Morgan fingerprint density at radius 1 is 1.19 bits per heavy atom. The zero-order valence-corrected chi connectivity index (χ0v) is 20.8. The van der Waals surface area contributed by atoms with Gasteiger partial charge in [-0.05, 0) is 60.6 Å². The van der Waals surface area contributed by atoms with Crippen LogP contribution in [-0.4, -0.2) is 72.0 Å². The van der Waals surface area contributed by atoms with Gasteiger partial charge in [-0.15, -0.1) is 0 Å². The molecular weight excluding hydrogens is 509 g/mol. The highest BCUT2D eigenvalue weighted by Gasteiger charge is 2.49. The van der Waals surface area contributed by atoms with Gasteiger partial charge < -0.3 is 10.8 Å². The number of hydrogen-bond acceptors (Lipinski definition) is 6. The highest BCUT2D eigenvalue weighted by molar-refractivity contribution is 14.1. The monoisotopic (exact) mass is 541 g/mol. The molecule has 3 N–H and O–H groups in total. The van der Waals surface area contributed by atoms with E-state index in [9.17, 15) is 9.90 Å². The van der Waals surface area contributed by atoms with Crippen LogP contribution >= 0.6 is 22.6 Å². The molecule has 1 saturated heterocycles. The van der Waals surface area contributed by atoms with Gasteiger partial charge in [0.15, 0.2) is 5.65 Å². The summed E-state index contributed by atoms with van der Waals surface area (Å²) in [5, 5.41) is 15.4. The van der Waals surface area contributed by atoms with Crippen molar-refractivity contribution in [3.05, 3.63) is 10.0 Å². The highest BCUT2D eigenvalue weighted by atomic mass is 127. The van der Waals surface area contributed by atoms with Gasteiger partial charge in [0.05, 0.1) is 17.0 Å². The summed E-state index contributed by atoms with van der Waals surface area (Å²) in [6.45, 7) is 10.6. The van der Waals surface area contributed by atoms with Gasteiger partial charge in [-0.3, -0.25) is 9.80 Å². The average molecular weight is 541 g/mol. The van der Waals surface area contributed by atoms with E-state index < -0.39 is 11.6 Å². The second kappa shape index (κ2) is 8.02. The molecule has 3 heterocycles. The fraction of sp³-hybridized carbons (Fsp3) is 0.714. The molecule has 1 saturated carbocycles. The third-order valence-electron chi connectivity index (χ3n) is 7.57. The van der Waals surface area contributed by atoms with Gasteiger partial charge in [0.1, 0.15) is 15.8 Å². The Morgan fingerprint density at radius 3 is 2.45 bits per heavy atom. The molecule has 0 spiro atoms. The van der Waals surface area contributed by atoms with E-state index in [2.05, 4.69) is 65.2 Å². The molecular formula is C21H32IN7O2. The molecule has 2 fully saturated rings. The van der Waals surface area contributed by atoms with Crippen LogP contribution in [0.4, 0.5) is 10.6 Å². The number of nitrogens with two attached hydrogens (primary N) is 1. The maximum atomic E-state index is 11.9. The van der Waals surface area contributed by atoms with Crippen LogP contribution in [0.1, 0.15) is 59.4 Å². The van der Waals surface area contributed by atoms with E-state index in [0.29, 0.717) is 24.4 Å². The Labute approximate surface area is 196 Å². The second-order valence-corrected chi connectivity index (χ2v) is 11.1. The maximum Gasteiger partial charge on any atom is 0.407 e. The molecule has 2 aromatic heterocycles. The van der Waals surface area contributed by atoms with Gasteiger partial charge in [0.2, 0.25) is 0 Å². The number of carboxylic acid groups (broad SMARTS) is 1. The standard InChI is InChI=1S/C21H32IN7O2/c1-20(2,3)21(4)11-27(9-10-28(21)19(30)31)13-5-7-14(8-6-13)29-18-15(16(22)26-29)17(23)24-12-25-18/h12-14H,5-11H2,1-4H3,(H,30,31)(H2,23,24,25). The number of hydrogen-bond donors (Lipinski definition) is 2. The normalized spacial score (nSPS) is 28.2. The van der Waals surface area contributed by atoms with E-state index in [1.54, 1.807) is 4.90 Å². The van der Waals surface area contributed by atoms with Crippen LogP contribution in [0.2, 0.25) is 0 Å². The summed E-state index contributed by atoms with van der Waals surface area (Å²) in [6.07, 6.45) is 4.86. The summed E-state index contributed by atoms with van der Waals surface area (Å²) in [6, 6.07) is 0.764. The topological polar surface area (TPSA) is 113 Å². The molecule has 0 aromatic carbocycles. The molecule has 170 valence electrons. The van der Waals surface area contributed by atoms with Crippen molar-refractivity contribution in [3.8, 4) is 0 Å². The molecule has 2 aliphatic rings. The van der Waals surface area contributed by atoms with Crippen molar-refractivity contribution < 1.29 is 9.90 Å². The summed E-state index contributed by atoms with van der Waals surface area (Å²) in [5.74, 6) is 0.479. The lowest BCUT2D eigenvalue weighted by Gasteiger charge is -2.56. The Kier molecular flexibility index (Phi) is 5.82. The minimum Gasteiger partial charge on any atom is -0.465 e. The van der Waals surface area contributed by atoms with Gasteiger partial charge in [0.25, 0.3) is 0 Å². The summed E-state index contributed by atoms with van der Waals surface area (Å²) in [7, 11) is 0. The third-order valence-corrected chi connectivity index (χ3v) is 8.32. The van der Waals surface area contributed by atoms with E-state index in [1.807, 2.05) is 4.68 Å². The van der Waals surface area contributed by atoms with Crippen molar-refractivity contribution >= 4 is 45.5 Å². The first kappa shape index (κ1) is 22.5. The lowest BCUT2D eigenvalue weighted by Crippen LogP contribution is -2.68. The number of nitrogen functional groups attached to an aromatic ring is 1. The Balaban J connectivity index is 1.48. The van der Waals surface area contributed by atoms with Crippen LogP contribution in [0.5, 0.6) is 0 Å². The van der Waals surface area contributed by atoms with Gasteiger partial charge in [0, 0.05) is 25.7 Å². The number of halogens is 1.